The number of hydrogen-bond donors (Lipinski definition) is 0. The lowest BCUT2D eigenvalue weighted by Gasteiger charge is -2.41. The topological polar surface area (TPSA) is 77.5 Å². The molecule has 0 bridgehead atoms. The van der Waals surface area contributed by atoms with Crippen molar-refractivity contribution in [3.63, 3.8) is 0 Å². The number of nitrogens with zero attached hydrogens (tertiary/aromatic N) is 2. The van der Waals surface area contributed by atoms with Crippen LogP contribution in [0.3, 0.4) is 0 Å². The number of ether oxygens (including phenoxy) is 4. The van der Waals surface area contributed by atoms with Gasteiger partial charge in [-0.3, -0.25) is 0 Å². The Morgan fingerprint density at radius 2 is 1.80 bits per heavy atom. The highest BCUT2D eigenvalue weighted by atomic mass is 35.5. The largest absolute Gasteiger partial charge is 0.497 e. The lowest BCUT2D eigenvalue weighted by Crippen LogP contribution is -2.57. The number of carbonyl (C=O) groups excluding carboxylic acids is 2. The van der Waals surface area contributed by atoms with E-state index in [1.165, 1.54) is 0 Å². The monoisotopic (exact) mass is 504 g/mol. The first-order valence-corrected chi connectivity index (χ1v) is 12.0. The summed E-state index contributed by atoms with van der Waals surface area (Å²) in [6.45, 7) is 6.96. The van der Waals surface area contributed by atoms with E-state index in [1.807, 2.05) is 51.1 Å². The van der Waals surface area contributed by atoms with Crippen molar-refractivity contribution in [1.29, 1.82) is 0 Å². The van der Waals surface area contributed by atoms with E-state index in [0.29, 0.717) is 49.2 Å². The van der Waals surface area contributed by atoms with Gasteiger partial charge in [-0.15, -0.1) is 0 Å². The van der Waals surface area contributed by atoms with Gasteiger partial charge in [-0.1, -0.05) is 41.9 Å². The van der Waals surface area contributed by atoms with Crippen LogP contribution < -0.4 is 9.47 Å². The molecule has 2 amide bonds. The lowest BCUT2D eigenvalue weighted by molar-refractivity contribution is -0.00614. The van der Waals surface area contributed by atoms with Crippen LogP contribution in [-0.4, -0.2) is 67.0 Å². The van der Waals surface area contributed by atoms with Crippen LogP contribution in [0.2, 0.25) is 5.02 Å². The Bertz CT molecular complexity index is 995. The molecule has 1 aliphatic rings. The fourth-order valence-corrected chi connectivity index (χ4v) is 3.90. The number of halogens is 1. The Hall–Kier alpha value is -3.13. The Labute approximate surface area is 211 Å². The van der Waals surface area contributed by atoms with Gasteiger partial charge in [-0.25, -0.2) is 9.59 Å². The Morgan fingerprint density at radius 1 is 1.06 bits per heavy atom. The van der Waals surface area contributed by atoms with Gasteiger partial charge in [0.15, 0.2) is 0 Å². The Kier molecular flexibility index (Phi) is 9.09. The Morgan fingerprint density at radius 3 is 2.46 bits per heavy atom. The standard InChI is InChI=1S/C26H33ClN2O6/c1-26(2,3)35-25(31)29-14-13-28(24(30)34-18-19-8-6-5-7-9-19)17-20(29)12-15-33-23-11-10-21(32-4)16-22(23)27/h5-11,16,20H,12-15,17-18H2,1-4H3/t20-/m1/s1. The SMILES string of the molecule is COc1ccc(OCC[C@@H]2CN(C(=O)OCc3ccccc3)CCN2C(=O)OC(C)(C)C)c(Cl)c1. The summed E-state index contributed by atoms with van der Waals surface area (Å²) in [7, 11) is 1.57. The second-order valence-electron chi connectivity index (χ2n) is 9.25. The van der Waals surface area contributed by atoms with Gasteiger partial charge in [-0.2, -0.15) is 0 Å². The molecule has 0 N–H and O–H groups in total. The highest BCUT2D eigenvalue weighted by Crippen LogP contribution is 2.29. The first kappa shape index (κ1) is 26.5. The van der Waals surface area contributed by atoms with Crippen molar-refractivity contribution in [2.75, 3.05) is 33.4 Å². The summed E-state index contributed by atoms with van der Waals surface area (Å²) >= 11 is 6.27. The summed E-state index contributed by atoms with van der Waals surface area (Å²) < 4.78 is 22.1. The number of amides is 2. The van der Waals surface area contributed by atoms with Crippen LogP contribution in [0.1, 0.15) is 32.8 Å². The number of methoxy groups -OCH3 is 1. The van der Waals surface area contributed by atoms with Gasteiger partial charge in [0, 0.05) is 32.1 Å². The second kappa shape index (κ2) is 12.0. The van der Waals surface area contributed by atoms with E-state index in [0.717, 1.165) is 5.56 Å². The van der Waals surface area contributed by atoms with Crippen molar-refractivity contribution in [3.05, 3.63) is 59.1 Å². The van der Waals surface area contributed by atoms with Crippen LogP contribution >= 0.6 is 11.6 Å². The van der Waals surface area contributed by atoms with E-state index in [-0.39, 0.29) is 12.6 Å². The zero-order valence-corrected chi connectivity index (χ0v) is 21.4. The molecule has 0 aromatic heterocycles. The molecule has 0 unspecified atom stereocenters. The van der Waals surface area contributed by atoms with E-state index in [2.05, 4.69) is 0 Å². The molecule has 0 spiro atoms. The summed E-state index contributed by atoms with van der Waals surface area (Å²) in [5, 5.41) is 0.433. The molecule has 2 aromatic rings. The van der Waals surface area contributed by atoms with Gasteiger partial charge in [0.1, 0.15) is 23.7 Å². The third-order valence-corrected chi connectivity index (χ3v) is 5.72. The van der Waals surface area contributed by atoms with Crippen LogP contribution in [0, 0.1) is 0 Å². The molecule has 8 nitrogen and oxygen atoms in total. The number of benzene rings is 2. The number of piperazine rings is 1. The van der Waals surface area contributed by atoms with Crippen molar-refractivity contribution in [1.82, 2.24) is 9.80 Å². The van der Waals surface area contributed by atoms with Crippen molar-refractivity contribution in [3.8, 4) is 11.5 Å². The van der Waals surface area contributed by atoms with Crippen LogP contribution in [0.25, 0.3) is 0 Å². The molecule has 1 atom stereocenters. The Balaban J connectivity index is 1.63. The molecule has 9 heteroatoms. The van der Waals surface area contributed by atoms with Gasteiger partial charge in [-0.05, 0) is 38.5 Å². The summed E-state index contributed by atoms with van der Waals surface area (Å²) in [5.74, 6) is 1.15. The van der Waals surface area contributed by atoms with Gasteiger partial charge >= 0.3 is 12.2 Å². The third kappa shape index (κ3) is 7.96. The molecule has 1 heterocycles. The van der Waals surface area contributed by atoms with Gasteiger partial charge in [0.05, 0.1) is 24.8 Å². The number of carbonyl (C=O) groups is 2. The van der Waals surface area contributed by atoms with Crippen molar-refractivity contribution < 1.29 is 28.5 Å². The molecular weight excluding hydrogens is 472 g/mol. The normalized spacial score (nSPS) is 16.0. The highest BCUT2D eigenvalue weighted by Gasteiger charge is 2.35. The quantitative estimate of drug-likeness (QED) is 0.504. The second-order valence-corrected chi connectivity index (χ2v) is 9.65. The molecule has 2 aromatic carbocycles. The van der Waals surface area contributed by atoms with Crippen molar-refractivity contribution in [2.24, 2.45) is 0 Å². The van der Waals surface area contributed by atoms with E-state index >= 15 is 0 Å². The van der Waals surface area contributed by atoms with E-state index in [1.54, 1.807) is 35.1 Å². The van der Waals surface area contributed by atoms with Crippen molar-refractivity contribution >= 4 is 23.8 Å². The molecule has 0 saturated carbocycles. The minimum Gasteiger partial charge on any atom is -0.497 e. The summed E-state index contributed by atoms with van der Waals surface area (Å²) in [4.78, 5) is 28.9. The molecule has 190 valence electrons. The first-order valence-electron chi connectivity index (χ1n) is 11.6. The highest BCUT2D eigenvalue weighted by molar-refractivity contribution is 6.32. The van der Waals surface area contributed by atoms with Gasteiger partial charge in [0.25, 0.3) is 0 Å². The van der Waals surface area contributed by atoms with Crippen LogP contribution in [0.5, 0.6) is 11.5 Å². The predicted molar refractivity (Wildman–Crippen MR) is 133 cm³/mol. The fraction of sp³-hybridized carbons (Fsp3) is 0.462. The minimum atomic E-state index is -0.625. The maximum Gasteiger partial charge on any atom is 0.410 e. The van der Waals surface area contributed by atoms with Gasteiger partial charge < -0.3 is 28.7 Å². The predicted octanol–water partition coefficient (Wildman–Crippen LogP) is 5.38. The van der Waals surface area contributed by atoms with E-state index in [4.69, 9.17) is 30.5 Å². The summed E-state index contributed by atoms with van der Waals surface area (Å²) in [6, 6.07) is 14.4. The van der Waals surface area contributed by atoms with Crippen LogP contribution in [0.4, 0.5) is 9.59 Å². The zero-order chi connectivity index (χ0) is 25.4. The van der Waals surface area contributed by atoms with Crippen LogP contribution in [0.15, 0.2) is 48.5 Å². The number of rotatable bonds is 7. The number of hydrogen-bond acceptors (Lipinski definition) is 6. The fourth-order valence-electron chi connectivity index (χ4n) is 3.67. The average molecular weight is 505 g/mol. The van der Waals surface area contributed by atoms with Crippen molar-refractivity contribution in [2.45, 2.75) is 45.4 Å². The smallest absolute Gasteiger partial charge is 0.410 e. The average Bonchev–Trinajstić information content (AvgIpc) is 2.83. The molecule has 0 aliphatic carbocycles. The van der Waals surface area contributed by atoms with E-state index < -0.39 is 17.8 Å². The molecular formula is C26H33ClN2O6. The molecule has 0 radical (unpaired) electrons. The first-order chi connectivity index (χ1) is 16.7. The zero-order valence-electron chi connectivity index (χ0n) is 20.7. The minimum absolute atomic E-state index is 0.190. The summed E-state index contributed by atoms with van der Waals surface area (Å²) in [5.41, 5.74) is 0.287. The molecule has 1 fully saturated rings. The van der Waals surface area contributed by atoms with Gasteiger partial charge in [0.2, 0.25) is 0 Å². The lowest BCUT2D eigenvalue weighted by atomic mass is 10.1. The molecule has 35 heavy (non-hydrogen) atoms. The van der Waals surface area contributed by atoms with Crippen LogP contribution in [-0.2, 0) is 16.1 Å². The maximum atomic E-state index is 12.9. The molecule has 1 aliphatic heterocycles. The maximum absolute atomic E-state index is 12.9. The summed E-state index contributed by atoms with van der Waals surface area (Å²) in [6.07, 6.45) is -0.353. The van der Waals surface area contributed by atoms with E-state index in [9.17, 15) is 9.59 Å². The molecule has 1 saturated heterocycles. The molecule has 3 rings (SSSR count). The third-order valence-electron chi connectivity index (χ3n) is 5.42.